The van der Waals surface area contributed by atoms with Crippen LogP contribution in [0, 0.1) is 5.92 Å². The monoisotopic (exact) mass is 402 g/mol. The van der Waals surface area contributed by atoms with E-state index in [4.69, 9.17) is 0 Å². The molecule has 0 amide bonds. The van der Waals surface area contributed by atoms with E-state index in [0.717, 1.165) is 17.0 Å². The highest BCUT2D eigenvalue weighted by atomic mass is 32.2. The zero-order valence-corrected chi connectivity index (χ0v) is 16.6. The Labute approximate surface area is 158 Å². The molecule has 0 bridgehead atoms. The summed E-state index contributed by atoms with van der Waals surface area (Å²) in [5.41, 5.74) is 2.24. The van der Waals surface area contributed by atoms with Crippen molar-refractivity contribution in [3.05, 3.63) is 23.8 Å². The molecule has 0 saturated carbocycles. The minimum Gasteiger partial charge on any atom is -0.257 e. The smallest absolute Gasteiger partial charge is 0.257 e. The molecule has 1 unspecified atom stereocenters. The first-order chi connectivity index (χ1) is 12.4. The van der Waals surface area contributed by atoms with Gasteiger partial charge >= 0.3 is 6.18 Å². The number of hydrogen-bond donors (Lipinski definition) is 0. The van der Waals surface area contributed by atoms with Gasteiger partial charge in [-0.25, -0.2) is 8.42 Å². The Bertz CT molecular complexity index is 860. The molecule has 3 rings (SSSR count). The molecule has 0 N–H and O–H groups in total. The number of aliphatic imine (C=N–C) groups is 1. The van der Waals surface area contributed by atoms with Crippen molar-refractivity contribution in [3.8, 4) is 0 Å². The van der Waals surface area contributed by atoms with Crippen LogP contribution in [0.15, 0.2) is 28.1 Å². The molecule has 0 radical (unpaired) electrons. The molecular formula is C19H25F3N2O2S. The average Bonchev–Trinajstić information content (AvgIpc) is 2.82. The predicted octanol–water partition coefficient (Wildman–Crippen LogP) is 4.81. The van der Waals surface area contributed by atoms with Gasteiger partial charge in [0.25, 0.3) is 0 Å². The summed E-state index contributed by atoms with van der Waals surface area (Å²) < 4.78 is 65.0. The van der Waals surface area contributed by atoms with Gasteiger partial charge in [0.1, 0.15) is 0 Å². The van der Waals surface area contributed by atoms with Crippen molar-refractivity contribution in [3.63, 3.8) is 0 Å². The van der Waals surface area contributed by atoms with E-state index in [0.29, 0.717) is 19.4 Å². The normalized spacial score (nSPS) is 23.2. The Morgan fingerprint density at radius 1 is 1.30 bits per heavy atom. The fourth-order valence-electron chi connectivity index (χ4n) is 3.79. The highest BCUT2D eigenvalue weighted by Gasteiger charge is 2.36. The first kappa shape index (κ1) is 20.3. The first-order valence-electron chi connectivity index (χ1n) is 9.18. The number of rotatable bonds is 4. The second-order valence-electron chi connectivity index (χ2n) is 8.03. The Morgan fingerprint density at radius 2 is 2.00 bits per heavy atom. The Morgan fingerprint density at radius 3 is 2.67 bits per heavy atom. The molecule has 1 aromatic carbocycles. The van der Waals surface area contributed by atoms with Gasteiger partial charge in [-0.05, 0) is 55.9 Å². The lowest BCUT2D eigenvalue weighted by molar-refractivity contribution is -0.138. The molecular weight excluding hydrogens is 377 g/mol. The van der Waals surface area contributed by atoms with E-state index in [-0.39, 0.29) is 29.2 Å². The van der Waals surface area contributed by atoms with Gasteiger partial charge in [-0.3, -0.25) is 4.99 Å². The second kappa shape index (κ2) is 6.88. The summed E-state index contributed by atoms with van der Waals surface area (Å²) in [4.78, 5) is 4.69. The molecule has 0 aliphatic carbocycles. The lowest BCUT2D eigenvalue weighted by atomic mass is 9.82. The van der Waals surface area contributed by atoms with Crippen molar-refractivity contribution in [1.29, 1.82) is 0 Å². The maximum absolute atomic E-state index is 13.1. The van der Waals surface area contributed by atoms with Crippen LogP contribution in [0.25, 0.3) is 0 Å². The Balaban J connectivity index is 1.80. The van der Waals surface area contributed by atoms with Crippen LogP contribution < -0.4 is 0 Å². The van der Waals surface area contributed by atoms with E-state index in [1.807, 2.05) is 20.8 Å². The van der Waals surface area contributed by atoms with Crippen molar-refractivity contribution < 1.29 is 21.6 Å². The Hall–Kier alpha value is -1.41. The second-order valence-corrected chi connectivity index (χ2v) is 9.96. The van der Waals surface area contributed by atoms with Crippen molar-refractivity contribution in [1.82, 2.24) is 4.31 Å². The van der Waals surface area contributed by atoms with Crippen LogP contribution in [0.1, 0.15) is 52.0 Å². The summed E-state index contributed by atoms with van der Waals surface area (Å²) in [6, 6.07) is 4.93. The van der Waals surface area contributed by atoms with Crippen LogP contribution in [0.5, 0.6) is 0 Å². The van der Waals surface area contributed by atoms with E-state index >= 15 is 0 Å². The van der Waals surface area contributed by atoms with E-state index in [2.05, 4.69) is 4.99 Å². The number of nitrogens with zero attached hydrogens (tertiary/aromatic N) is 2. The van der Waals surface area contributed by atoms with Gasteiger partial charge < -0.3 is 0 Å². The summed E-state index contributed by atoms with van der Waals surface area (Å²) in [5.74, 6) is -0.258. The van der Waals surface area contributed by atoms with Gasteiger partial charge in [0, 0.05) is 30.6 Å². The van der Waals surface area contributed by atoms with Crippen LogP contribution in [0.4, 0.5) is 18.9 Å². The summed E-state index contributed by atoms with van der Waals surface area (Å²) in [5, 5.41) is 0. The number of alkyl halides is 3. The van der Waals surface area contributed by atoms with Gasteiger partial charge in [0.05, 0.1) is 10.6 Å². The molecule has 1 atom stereocenters. The summed E-state index contributed by atoms with van der Waals surface area (Å²) >= 11 is 0. The van der Waals surface area contributed by atoms with Gasteiger partial charge in [-0.2, -0.15) is 17.5 Å². The molecule has 0 aromatic heterocycles. The van der Waals surface area contributed by atoms with E-state index < -0.39 is 22.6 Å². The maximum Gasteiger partial charge on any atom is 0.389 e. The number of piperidine rings is 1. The van der Waals surface area contributed by atoms with Gasteiger partial charge in [-0.15, -0.1) is 0 Å². The lowest BCUT2D eigenvalue weighted by Gasteiger charge is -2.32. The highest BCUT2D eigenvalue weighted by Crippen LogP contribution is 2.41. The number of sulfonamides is 1. The quantitative estimate of drug-likeness (QED) is 0.725. The molecule has 8 heteroatoms. The number of benzene rings is 1. The zero-order chi connectivity index (χ0) is 20.0. The maximum atomic E-state index is 13.1. The number of hydrogen-bond acceptors (Lipinski definition) is 3. The van der Waals surface area contributed by atoms with E-state index in [1.165, 1.54) is 4.31 Å². The molecule has 150 valence electrons. The molecule has 4 nitrogen and oxygen atoms in total. The van der Waals surface area contributed by atoms with E-state index in [1.54, 1.807) is 18.2 Å². The fraction of sp³-hybridized carbons (Fsp3) is 0.632. The molecule has 1 aromatic rings. The minimum absolute atomic E-state index is 0.0280. The standard InChI is InChI=1S/C19H25F3N2O2S/c1-13-18(2,3)16-11-15(6-7-17(16)23-13)27(25,26)24-10-4-5-14(12-24)8-9-19(20,21)22/h6-7,11,14H,4-5,8-10,12H2,1-3H3. The highest BCUT2D eigenvalue weighted by molar-refractivity contribution is 7.89. The molecule has 1 saturated heterocycles. The molecule has 2 aliphatic heterocycles. The van der Waals surface area contributed by atoms with Crippen LogP contribution >= 0.6 is 0 Å². The molecule has 0 spiro atoms. The first-order valence-corrected chi connectivity index (χ1v) is 10.6. The van der Waals surface area contributed by atoms with Gasteiger partial charge in [0.15, 0.2) is 0 Å². The molecule has 2 heterocycles. The predicted molar refractivity (Wildman–Crippen MR) is 99.0 cm³/mol. The summed E-state index contributed by atoms with van der Waals surface area (Å²) in [6.45, 7) is 6.42. The molecule has 2 aliphatic rings. The number of halogens is 3. The molecule has 27 heavy (non-hydrogen) atoms. The average molecular weight is 402 g/mol. The minimum atomic E-state index is -4.20. The number of fused-ring (bicyclic) bond motifs is 1. The zero-order valence-electron chi connectivity index (χ0n) is 15.8. The third kappa shape index (κ3) is 4.06. The van der Waals surface area contributed by atoms with Crippen molar-refractivity contribution in [2.45, 2.75) is 62.9 Å². The Kier molecular flexibility index (Phi) is 5.18. The van der Waals surface area contributed by atoms with Crippen LogP contribution in [0.2, 0.25) is 0 Å². The third-order valence-electron chi connectivity index (χ3n) is 5.79. The largest absolute Gasteiger partial charge is 0.389 e. The van der Waals surface area contributed by atoms with Gasteiger partial charge in [-0.1, -0.05) is 13.8 Å². The van der Waals surface area contributed by atoms with Crippen LogP contribution in [0.3, 0.4) is 0 Å². The van der Waals surface area contributed by atoms with Crippen molar-refractivity contribution in [2.24, 2.45) is 10.9 Å². The topological polar surface area (TPSA) is 49.7 Å². The van der Waals surface area contributed by atoms with Crippen molar-refractivity contribution in [2.75, 3.05) is 13.1 Å². The SMILES string of the molecule is CC1=Nc2ccc(S(=O)(=O)N3CCCC(CCC(F)(F)F)C3)cc2C1(C)C. The van der Waals surface area contributed by atoms with Crippen LogP contribution in [-0.4, -0.2) is 37.7 Å². The summed E-state index contributed by atoms with van der Waals surface area (Å²) in [7, 11) is -3.74. The van der Waals surface area contributed by atoms with E-state index in [9.17, 15) is 21.6 Å². The van der Waals surface area contributed by atoms with Crippen molar-refractivity contribution >= 4 is 21.4 Å². The molecule has 1 fully saturated rings. The fourth-order valence-corrected chi connectivity index (χ4v) is 5.37. The lowest BCUT2D eigenvalue weighted by Crippen LogP contribution is -2.40. The van der Waals surface area contributed by atoms with Gasteiger partial charge in [0.2, 0.25) is 10.0 Å². The summed E-state index contributed by atoms with van der Waals surface area (Å²) in [6.07, 6.45) is -3.88. The van der Waals surface area contributed by atoms with Crippen LogP contribution in [-0.2, 0) is 15.4 Å². The third-order valence-corrected chi connectivity index (χ3v) is 7.65.